The van der Waals surface area contributed by atoms with Gasteiger partial charge in [0.15, 0.2) is 0 Å². The molecule has 1 N–H and O–H groups in total. The van der Waals surface area contributed by atoms with E-state index in [9.17, 15) is 4.79 Å². The van der Waals surface area contributed by atoms with Crippen LogP contribution in [0.5, 0.6) is 0 Å². The van der Waals surface area contributed by atoms with Crippen LogP contribution in [0.1, 0.15) is 11.1 Å². The standard InChI is InChI=1S/C13H9BrN2O/c1-8-2-3-10(12(14)6-8)9-4-5-16-13(17)11(9)7-15/h2-6H,1H3,(H,16,17). The second-order valence-corrected chi connectivity index (χ2v) is 4.54. The SMILES string of the molecule is Cc1ccc(-c2cc[nH]c(=O)c2C#N)c(Br)c1. The van der Waals surface area contributed by atoms with E-state index in [2.05, 4.69) is 20.9 Å². The highest BCUT2D eigenvalue weighted by Gasteiger charge is 2.10. The second-order valence-electron chi connectivity index (χ2n) is 3.69. The summed E-state index contributed by atoms with van der Waals surface area (Å²) in [7, 11) is 0. The molecule has 1 heterocycles. The number of H-pyrrole nitrogens is 1. The average molecular weight is 289 g/mol. The van der Waals surface area contributed by atoms with Gasteiger partial charge >= 0.3 is 0 Å². The van der Waals surface area contributed by atoms with E-state index in [1.54, 1.807) is 12.3 Å². The monoisotopic (exact) mass is 288 g/mol. The van der Waals surface area contributed by atoms with Gasteiger partial charge in [-0.15, -0.1) is 0 Å². The third-order valence-corrected chi connectivity index (χ3v) is 3.14. The summed E-state index contributed by atoms with van der Waals surface area (Å²) >= 11 is 3.45. The predicted molar refractivity (Wildman–Crippen MR) is 69.7 cm³/mol. The van der Waals surface area contributed by atoms with E-state index in [1.165, 1.54) is 0 Å². The van der Waals surface area contributed by atoms with Crippen LogP contribution < -0.4 is 5.56 Å². The summed E-state index contributed by atoms with van der Waals surface area (Å²) in [6.45, 7) is 1.98. The molecule has 2 rings (SSSR count). The summed E-state index contributed by atoms with van der Waals surface area (Å²) in [4.78, 5) is 14.0. The first-order valence-corrected chi connectivity index (χ1v) is 5.81. The fraction of sp³-hybridized carbons (Fsp3) is 0.0769. The molecule has 0 amide bonds. The van der Waals surface area contributed by atoms with Crippen LogP contribution in [0.25, 0.3) is 11.1 Å². The number of hydrogen-bond acceptors (Lipinski definition) is 2. The molecule has 0 fully saturated rings. The fourth-order valence-corrected chi connectivity index (χ4v) is 2.36. The molecule has 0 aliphatic heterocycles. The van der Waals surface area contributed by atoms with Gasteiger partial charge in [-0.2, -0.15) is 5.26 Å². The van der Waals surface area contributed by atoms with Crippen molar-refractivity contribution < 1.29 is 0 Å². The smallest absolute Gasteiger partial charge is 0.266 e. The Labute approximate surface area is 107 Å². The molecule has 1 aromatic heterocycles. The minimum absolute atomic E-state index is 0.136. The number of aromatic amines is 1. The maximum Gasteiger partial charge on any atom is 0.266 e. The maximum atomic E-state index is 11.5. The Kier molecular flexibility index (Phi) is 3.12. The van der Waals surface area contributed by atoms with Crippen molar-refractivity contribution in [3.05, 3.63) is 56.4 Å². The van der Waals surface area contributed by atoms with Crippen LogP contribution in [0.3, 0.4) is 0 Å². The van der Waals surface area contributed by atoms with Crippen molar-refractivity contribution in [3.8, 4) is 17.2 Å². The molecular formula is C13H9BrN2O. The van der Waals surface area contributed by atoms with Gasteiger partial charge in [-0.3, -0.25) is 4.79 Å². The Balaban J connectivity index is 2.74. The molecule has 0 aliphatic carbocycles. The van der Waals surface area contributed by atoms with Crippen molar-refractivity contribution in [1.29, 1.82) is 5.26 Å². The van der Waals surface area contributed by atoms with Crippen LogP contribution in [0.2, 0.25) is 0 Å². The van der Waals surface area contributed by atoms with E-state index in [-0.39, 0.29) is 11.1 Å². The second kappa shape index (κ2) is 4.56. The lowest BCUT2D eigenvalue weighted by Gasteiger charge is -2.06. The van der Waals surface area contributed by atoms with E-state index >= 15 is 0 Å². The van der Waals surface area contributed by atoms with E-state index in [1.807, 2.05) is 31.2 Å². The third kappa shape index (κ3) is 2.15. The topological polar surface area (TPSA) is 56.6 Å². The zero-order chi connectivity index (χ0) is 12.4. The summed E-state index contributed by atoms with van der Waals surface area (Å²) in [5.74, 6) is 0. The van der Waals surface area contributed by atoms with E-state index < -0.39 is 0 Å². The Morgan fingerprint density at radius 3 is 2.71 bits per heavy atom. The fourth-order valence-electron chi connectivity index (χ4n) is 1.65. The first-order chi connectivity index (χ1) is 8.13. The highest BCUT2D eigenvalue weighted by Crippen LogP contribution is 2.29. The Hall–Kier alpha value is -1.86. The average Bonchev–Trinajstić information content (AvgIpc) is 2.29. The molecule has 2 aromatic rings. The van der Waals surface area contributed by atoms with Crippen molar-refractivity contribution in [2.24, 2.45) is 0 Å². The summed E-state index contributed by atoms with van der Waals surface area (Å²) < 4.78 is 0.875. The van der Waals surface area contributed by atoms with E-state index in [0.717, 1.165) is 15.6 Å². The molecule has 84 valence electrons. The lowest BCUT2D eigenvalue weighted by molar-refractivity contribution is 1.21. The normalized spacial score (nSPS) is 9.94. The van der Waals surface area contributed by atoms with E-state index in [4.69, 9.17) is 5.26 Å². The third-order valence-electron chi connectivity index (χ3n) is 2.49. The number of hydrogen-bond donors (Lipinski definition) is 1. The molecular weight excluding hydrogens is 280 g/mol. The van der Waals surface area contributed by atoms with Crippen LogP contribution in [0.15, 0.2) is 39.7 Å². The Morgan fingerprint density at radius 1 is 1.29 bits per heavy atom. The van der Waals surface area contributed by atoms with Gasteiger partial charge < -0.3 is 4.98 Å². The van der Waals surface area contributed by atoms with Gasteiger partial charge in [0, 0.05) is 16.2 Å². The highest BCUT2D eigenvalue weighted by atomic mass is 79.9. The van der Waals surface area contributed by atoms with Crippen molar-refractivity contribution >= 4 is 15.9 Å². The largest absolute Gasteiger partial charge is 0.328 e. The Morgan fingerprint density at radius 2 is 2.06 bits per heavy atom. The molecule has 0 bridgehead atoms. The van der Waals surface area contributed by atoms with Gasteiger partial charge in [0.1, 0.15) is 11.6 Å². The molecule has 0 spiro atoms. The molecule has 3 nitrogen and oxygen atoms in total. The van der Waals surface area contributed by atoms with Crippen LogP contribution >= 0.6 is 15.9 Å². The van der Waals surface area contributed by atoms with Crippen LogP contribution in [0.4, 0.5) is 0 Å². The minimum atomic E-state index is -0.363. The molecule has 0 saturated carbocycles. The maximum absolute atomic E-state index is 11.5. The molecule has 1 aromatic carbocycles. The molecule has 0 unspecified atom stereocenters. The number of rotatable bonds is 1. The molecule has 4 heteroatoms. The molecule has 0 atom stereocenters. The van der Waals surface area contributed by atoms with Crippen LogP contribution in [-0.4, -0.2) is 4.98 Å². The van der Waals surface area contributed by atoms with Crippen LogP contribution in [0, 0.1) is 18.3 Å². The molecule has 17 heavy (non-hydrogen) atoms. The number of halogens is 1. The summed E-state index contributed by atoms with van der Waals surface area (Å²) in [6.07, 6.45) is 1.55. The van der Waals surface area contributed by atoms with Crippen molar-refractivity contribution in [1.82, 2.24) is 4.98 Å². The van der Waals surface area contributed by atoms with Crippen molar-refractivity contribution in [2.45, 2.75) is 6.92 Å². The zero-order valence-corrected chi connectivity index (χ0v) is 10.7. The molecule has 0 aliphatic rings. The van der Waals surface area contributed by atoms with Crippen molar-refractivity contribution in [2.75, 3.05) is 0 Å². The predicted octanol–water partition coefficient (Wildman–Crippen LogP) is 2.98. The summed E-state index contributed by atoms with van der Waals surface area (Å²) in [5.41, 5.74) is 2.37. The van der Waals surface area contributed by atoms with Gasteiger partial charge in [-0.25, -0.2) is 0 Å². The van der Waals surface area contributed by atoms with E-state index in [0.29, 0.717) is 5.56 Å². The first-order valence-electron chi connectivity index (χ1n) is 5.02. The van der Waals surface area contributed by atoms with Gasteiger partial charge in [-0.05, 0) is 30.2 Å². The zero-order valence-electron chi connectivity index (χ0n) is 9.12. The van der Waals surface area contributed by atoms with Gasteiger partial charge in [-0.1, -0.05) is 28.1 Å². The minimum Gasteiger partial charge on any atom is -0.328 e. The van der Waals surface area contributed by atoms with Gasteiger partial charge in [0.2, 0.25) is 0 Å². The van der Waals surface area contributed by atoms with Crippen LogP contribution in [-0.2, 0) is 0 Å². The number of nitrogens with zero attached hydrogens (tertiary/aromatic N) is 1. The number of pyridine rings is 1. The number of aromatic nitrogens is 1. The van der Waals surface area contributed by atoms with Gasteiger partial charge in [0.25, 0.3) is 5.56 Å². The number of aryl methyl sites for hydroxylation is 1. The Bertz CT molecular complexity index is 668. The molecule has 0 radical (unpaired) electrons. The summed E-state index contributed by atoms with van der Waals surface area (Å²) in [6, 6.07) is 9.47. The molecule has 0 saturated heterocycles. The van der Waals surface area contributed by atoms with Gasteiger partial charge in [0.05, 0.1) is 0 Å². The summed E-state index contributed by atoms with van der Waals surface area (Å²) in [5, 5.41) is 9.02. The number of nitrogens with one attached hydrogen (secondary N) is 1. The quantitative estimate of drug-likeness (QED) is 0.877. The number of nitriles is 1. The highest BCUT2D eigenvalue weighted by molar-refractivity contribution is 9.10. The first kappa shape index (κ1) is 11.6. The number of benzene rings is 1. The van der Waals surface area contributed by atoms with Crippen molar-refractivity contribution in [3.63, 3.8) is 0 Å². The lowest BCUT2D eigenvalue weighted by atomic mass is 10.0. The lowest BCUT2D eigenvalue weighted by Crippen LogP contribution is -2.10.